The molecule has 2 bridgehead atoms. The van der Waals surface area contributed by atoms with Gasteiger partial charge in [0.1, 0.15) is 6.10 Å². The molecule has 2 saturated heterocycles. The first-order chi connectivity index (χ1) is 14.6. The molecule has 0 saturated carbocycles. The van der Waals surface area contributed by atoms with Crippen LogP contribution < -0.4 is 9.64 Å². The van der Waals surface area contributed by atoms with Crippen LogP contribution in [0.15, 0.2) is 36.5 Å². The van der Waals surface area contributed by atoms with E-state index < -0.39 is 23.5 Å². The zero-order chi connectivity index (χ0) is 22.4. The van der Waals surface area contributed by atoms with Gasteiger partial charge in [-0.1, -0.05) is 0 Å². The van der Waals surface area contributed by atoms with Crippen LogP contribution >= 0.6 is 0 Å². The number of nitrogens with zero attached hydrogens (tertiary/aromatic N) is 2. The molecule has 10 heteroatoms. The van der Waals surface area contributed by atoms with Crippen molar-refractivity contribution in [3.05, 3.63) is 53.2 Å². The maximum atomic E-state index is 13.0. The van der Waals surface area contributed by atoms with Crippen molar-refractivity contribution in [3.8, 4) is 5.88 Å². The molecule has 0 amide bonds. The number of alkyl halides is 6. The Morgan fingerprint density at radius 2 is 1.55 bits per heavy atom. The maximum absolute atomic E-state index is 13.0. The molecule has 1 aromatic heterocycles. The highest BCUT2D eigenvalue weighted by Gasteiger charge is 2.43. The summed E-state index contributed by atoms with van der Waals surface area (Å²) in [5.74, 6) is 0.0916. The molecule has 2 atom stereocenters. The third-order valence-electron chi connectivity index (χ3n) is 5.80. The Morgan fingerprint density at radius 3 is 2.06 bits per heavy atom. The Bertz CT molecular complexity index is 944. The largest absolute Gasteiger partial charge is 0.474 e. The average Bonchev–Trinajstić information content (AvgIpc) is 2.96. The van der Waals surface area contributed by atoms with Crippen molar-refractivity contribution >= 4 is 12.0 Å². The van der Waals surface area contributed by atoms with E-state index in [0.29, 0.717) is 24.8 Å². The Morgan fingerprint density at radius 1 is 0.935 bits per heavy atom. The van der Waals surface area contributed by atoms with Crippen LogP contribution in [0.2, 0.25) is 0 Å². The van der Waals surface area contributed by atoms with Crippen molar-refractivity contribution in [3.63, 3.8) is 0 Å². The lowest BCUT2D eigenvalue weighted by atomic mass is 9.97. The summed E-state index contributed by atoms with van der Waals surface area (Å²) in [7, 11) is 0. The number of rotatable bonds is 4. The number of carbonyl (C=O) groups excluding carboxylic acids is 1. The molecule has 0 N–H and O–H groups in total. The van der Waals surface area contributed by atoms with E-state index in [4.69, 9.17) is 4.74 Å². The minimum absolute atomic E-state index is 0.0181. The van der Waals surface area contributed by atoms with Gasteiger partial charge < -0.3 is 9.64 Å². The summed E-state index contributed by atoms with van der Waals surface area (Å²) in [5.41, 5.74) is -1.30. The van der Waals surface area contributed by atoms with Gasteiger partial charge >= 0.3 is 12.4 Å². The van der Waals surface area contributed by atoms with Gasteiger partial charge in [0, 0.05) is 48.4 Å². The normalized spacial score (nSPS) is 23.7. The Labute approximate surface area is 173 Å². The number of hydrogen-bond acceptors (Lipinski definition) is 4. The maximum Gasteiger partial charge on any atom is 0.417 e. The molecule has 0 radical (unpaired) electrons. The molecule has 1 aromatic carbocycles. The van der Waals surface area contributed by atoms with Gasteiger partial charge in [0.15, 0.2) is 6.29 Å². The van der Waals surface area contributed by atoms with Gasteiger partial charge in [0.25, 0.3) is 0 Å². The van der Waals surface area contributed by atoms with Crippen molar-refractivity contribution in [2.45, 2.75) is 56.2 Å². The third-order valence-corrected chi connectivity index (χ3v) is 5.80. The van der Waals surface area contributed by atoms with E-state index in [1.807, 2.05) is 4.90 Å². The standard InChI is InChI=1S/C21H18F6N2O2/c22-20(23,24)13-1-5-18(12(7-13)11-30)29-15-3-4-16(29)9-17(8-15)31-19-6-2-14(10-28-19)21(25,26)27/h1-2,5-7,10-11,15-17H,3-4,8-9H2. The Hall–Kier alpha value is -2.78. The highest BCUT2D eigenvalue weighted by Crippen LogP contribution is 2.42. The molecular formula is C21H18F6N2O2. The summed E-state index contributed by atoms with van der Waals surface area (Å²) in [6, 6.07) is 5.15. The summed E-state index contributed by atoms with van der Waals surface area (Å²) >= 11 is 0. The molecule has 2 aliphatic rings. The fourth-order valence-electron chi connectivity index (χ4n) is 4.47. The minimum atomic E-state index is -4.54. The van der Waals surface area contributed by atoms with E-state index in [-0.39, 0.29) is 29.6 Å². The SMILES string of the molecule is O=Cc1cc(C(F)(F)F)ccc1N1C2CCC1CC(Oc1ccc(C(F)(F)F)cn1)C2. The zero-order valence-electron chi connectivity index (χ0n) is 16.1. The molecule has 0 spiro atoms. The van der Waals surface area contributed by atoms with Crippen LogP contribution in [-0.4, -0.2) is 29.5 Å². The summed E-state index contributed by atoms with van der Waals surface area (Å²) in [4.78, 5) is 17.2. The molecule has 4 rings (SSSR count). The van der Waals surface area contributed by atoms with Crippen LogP contribution in [0.1, 0.15) is 47.2 Å². The number of hydrogen-bond donors (Lipinski definition) is 0. The number of piperidine rings is 1. The molecule has 2 aromatic rings. The predicted molar refractivity (Wildman–Crippen MR) is 99.0 cm³/mol. The molecule has 166 valence electrons. The number of benzene rings is 1. The molecular weight excluding hydrogens is 426 g/mol. The average molecular weight is 444 g/mol. The topological polar surface area (TPSA) is 42.4 Å². The predicted octanol–water partition coefficient (Wildman–Crippen LogP) is 5.51. The Balaban J connectivity index is 1.49. The van der Waals surface area contributed by atoms with Gasteiger partial charge in [-0.3, -0.25) is 4.79 Å². The van der Waals surface area contributed by atoms with Gasteiger partial charge in [-0.25, -0.2) is 4.98 Å². The highest BCUT2D eigenvalue weighted by molar-refractivity contribution is 5.85. The second-order valence-corrected chi connectivity index (χ2v) is 7.78. The van der Waals surface area contributed by atoms with E-state index >= 15 is 0 Å². The second-order valence-electron chi connectivity index (χ2n) is 7.78. The molecule has 4 nitrogen and oxygen atoms in total. The van der Waals surface area contributed by atoms with E-state index in [1.54, 1.807) is 0 Å². The highest BCUT2D eigenvalue weighted by atomic mass is 19.4. The molecule has 2 fully saturated rings. The number of halogens is 6. The molecule has 0 aliphatic carbocycles. The van der Waals surface area contributed by atoms with E-state index in [0.717, 1.165) is 37.2 Å². The Kier molecular flexibility index (Phi) is 5.35. The van der Waals surface area contributed by atoms with E-state index in [2.05, 4.69) is 4.98 Å². The monoisotopic (exact) mass is 444 g/mol. The third kappa shape index (κ3) is 4.33. The number of fused-ring (bicyclic) bond motifs is 2. The molecule has 3 heterocycles. The molecule has 2 unspecified atom stereocenters. The van der Waals surface area contributed by atoms with Crippen LogP contribution in [0, 0.1) is 0 Å². The van der Waals surface area contributed by atoms with Gasteiger partial charge in [-0.05, 0) is 37.1 Å². The van der Waals surface area contributed by atoms with Crippen molar-refractivity contribution in [2.24, 2.45) is 0 Å². The first-order valence-electron chi connectivity index (χ1n) is 9.71. The lowest BCUT2D eigenvalue weighted by molar-refractivity contribution is -0.138. The summed E-state index contributed by atoms with van der Waals surface area (Å²) in [6.07, 6.45) is -5.53. The number of pyridine rings is 1. The molecule has 2 aliphatic heterocycles. The zero-order valence-corrected chi connectivity index (χ0v) is 16.1. The van der Waals surface area contributed by atoms with Crippen LogP contribution in [0.5, 0.6) is 5.88 Å². The van der Waals surface area contributed by atoms with E-state index in [1.165, 1.54) is 12.1 Å². The smallest absolute Gasteiger partial charge is 0.417 e. The summed E-state index contributed by atoms with van der Waals surface area (Å²) in [5, 5.41) is 0. The van der Waals surface area contributed by atoms with Gasteiger partial charge in [0.05, 0.1) is 11.1 Å². The van der Waals surface area contributed by atoms with Crippen molar-refractivity contribution in [2.75, 3.05) is 4.90 Å². The lowest BCUT2D eigenvalue weighted by Crippen LogP contribution is -2.47. The second kappa shape index (κ2) is 7.72. The van der Waals surface area contributed by atoms with Crippen LogP contribution in [0.4, 0.5) is 32.0 Å². The van der Waals surface area contributed by atoms with Crippen molar-refractivity contribution < 1.29 is 35.9 Å². The number of carbonyl (C=O) groups is 1. The van der Waals surface area contributed by atoms with Crippen LogP contribution in [-0.2, 0) is 12.4 Å². The molecule has 31 heavy (non-hydrogen) atoms. The summed E-state index contributed by atoms with van der Waals surface area (Å²) < 4.78 is 82.7. The first kappa shape index (κ1) is 21.5. The number of anilines is 1. The van der Waals surface area contributed by atoms with Crippen LogP contribution in [0.3, 0.4) is 0 Å². The van der Waals surface area contributed by atoms with Gasteiger partial charge in [0.2, 0.25) is 5.88 Å². The van der Waals surface area contributed by atoms with E-state index in [9.17, 15) is 31.1 Å². The van der Waals surface area contributed by atoms with Gasteiger partial charge in [-0.2, -0.15) is 26.3 Å². The minimum Gasteiger partial charge on any atom is -0.474 e. The van der Waals surface area contributed by atoms with Crippen molar-refractivity contribution in [1.82, 2.24) is 4.98 Å². The summed E-state index contributed by atoms with van der Waals surface area (Å²) in [6.45, 7) is 0. The van der Waals surface area contributed by atoms with Gasteiger partial charge in [-0.15, -0.1) is 0 Å². The lowest BCUT2D eigenvalue weighted by Gasteiger charge is -2.41. The quantitative estimate of drug-likeness (QED) is 0.461. The number of aromatic nitrogens is 1. The van der Waals surface area contributed by atoms with Crippen LogP contribution in [0.25, 0.3) is 0 Å². The van der Waals surface area contributed by atoms with Crippen molar-refractivity contribution in [1.29, 1.82) is 0 Å². The first-order valence-corrected chi connectivity index (χ1v) is 9.71. The fraction of sp³-hybridized carbons (Fsp3) is 0.429. The number of ether oxygens (including phenoxy) is 1. The number of aldehydes is 1. The fourth-order valence-corrected chi connectivity index (χ4v) is 4.47.